The molecule has 0 saturated carbocycles. The van der Waals surface area contributed by atoms with Crippen molar-refractivity contribution in [2.24, 2.45) is 0 Å². The Morgan fingerprint density at radius 1 is 1.12 bits per heavy atom. The summed E-state index contributed by atoms with van der Waals surface area (Å²) in [6.07, 6.45) is 2.40. The van der Waals surface area contributed by atoms with E-state index in [0.29, 0.717) is 11.4 Å². The molecule has 1 aliphatic heterocycles. The Labute approximate surface area is 150 Å². The maximum atomic E-state index is 13.3. The van der Waals surface area contributed by atoms with Crippen LogP contribution in [-0.4, -0.2) is 30.5 Å². The maximum absolute atomic E-state index is 13.3. The molecule has 1 saturated heterocycles. The first-order valence-corrected chi connectivity index (χ1v) is 8.35. The zero-order valence-electron chi connectivity index (χ0n) is 14.1. The Hall–Kier alpha value is -3.16. The molecule has 26 heavy (non-hydrogen) atoms. The van der Waals surface area contributed by atoms with Crippen LogP contribution in [-0.2, 0) is 4.79 Å². The molecule has 2 aromatic carbocycles. The molecule has 0 unspecified atom stereocenters. The van der Waals surface area contributed by atoms with Gasteiger partial charge in [0.25, 0.3) is 0 Å². The normalized spacial score (nSPS) is 13.5. The van der Waals surface area contributed by atoms with E-state index >= 15 is 0 Å². The predicted octanol–water partition coefficient (Wildman–Crippen LogP) is 3.38. The minimum Gasteiger partial charge on any atom is -0.376 e. The first kappa shape index (κ1) is 17.7. The molecule has 0 aromatic heterocycles. The molecule has 3 rings (SSSR count). The van der Waals surface area contributed by atoms with Gasteiger partial charge in [-0.15, -0.1) is 0 Å². The van der Waals surface area contributed by atoms with Crippen LogP contribution in [0.3, 0.4) is 0 Å². The number of carbonyl (C=O) groups excluding carboxylic acids is 1. The predicted molar refractivity (Wildman–Crippen MR) is 98.1 cm³/mol. The van der Waals surface area contributed by atoms with Gasteiger partial charge < -0.3 is 15.5 Å². The van der Waals surface area contributed by atoms with Crippen molar-refractivity contribution in [3.05, 3.63) is 58.4 Å². The van der Waals surface area contributed by atoms with Gasteiger partial charge in [0.05, 0.1) is 11.5 Å². The van der Waals surface area contributed by atoms with Crippen molar-refractivity contribution in [1.82, 2.24) is 0 Å². The number of benzene rings is 2. The SMILES string of the molecule is O=C(CNc1ccc(F)c([N+](=O)[O-])c1)Nc1ccc(N2CCCC2)cc1. The summed E-state index contributed by atoms with van der Waals surface area (Å²) in [5, 5.41) is 16.2. The van der Waals surface area contributed by atoms with Gasteiger partial charge in [0, 0.05) is 36.2 Å². The van der Waals surface area contributed by atoms with E-state index in [1.165, 1.54) is 18.9 Å². The summed E-state index contributed by atoms with van der Waals surface area (Å²) in [6.45, 7) is 2.02. The number of nitro benzene ring substituents is 1. The summed E-state index contributed by atoms with van der Waals surface area (Å²) in [5.41, 5.74) is 1.48. The highest BCUT2D eigenvalue weighted by molar-refractivity contribution is 5.93. The molecule has 1 heterocycles. The molecule has 136 valence electrons. The van der Waals surface area contributed by atoms with E-state index in [1.54, 1.807) is 0 Å². The van der Waals surface area contributed by atoms with E-state index in [9.17, 15) is 19.3 Å². The molecule has 0 radical (unpaired) electrons. The van der Waals surface area contributed by atoms with Crippen LogP contribution in [0, 0.1) is 15.9 Å². The summed E-state index contributed by atoms with van der Waals surface area (Å²) in [4.78, 5) is 24.2. The fourth-order valence-electron chi connectivity index (χ4n) is 2.88. The Morgan fingerprint density at radius 3 is 2.42 bits per heavy atom. The van der Waals surface area contributed by atoms with Gasteiger partial charge in [-0.05, 0) is 49.2 Å². The van der Waals surface area contributed by atoms with Crippen LogP contribution in [0.15, 0.2) is 42.5 Å². The number of anilines is 3. The molecule has 1 amide bonds. The highest BCUT2D eigenvalue weighted by Crippen LogP contribution is 2.23. The van der Waals surface area contributed by atoms with Crippen LogP contribution in [0.2, 0.25) is 0 Å². The van der Waals surface area contributed by atoms with Gasteiger partial charge in [0.15, 0.2) is 0 Å². The van der Waals surface area contributed by atoms with Gasteiger partial charge in [-0.1, -0.05) is 0 Å². The molecular weight excluding hydrogens is 339 g/mol. The van der Waals surface area contributed by atoms with E-state index in [2.05, 4.69) is 15.5 Å². The topological polar surface area (TPSA) is 87.5 Å². The molecule has 1 aliphatic rings. The van der Waals surface area contributed by atoms with Gasteiger partial charge in [-0.3, -0.25) is 14.9 Å². The van der Waals surface area contributed by atoms with Crippen molar-refractivity contribution in [1.29, 1.82) is 0 Å². The van der Waals surface area contributed by atoms with E-state index < -0.39 is 16.4 Å². The Bertz CT molecular complexity index is 805. The lowest BCUT2D eigenvalue weighted by atomic mass is 10.2. The van der Waals surface area contributed by atoms with Crippen molar-refractivity contribution in [3.8, 4) is 0 Å². The lowest BCUT2D eigenvalue weighted by molar-refractivity contribution is -0.387. The number of hydrogen-bond donors (Lipinski definition) is 2. The summed E-state index contributed by atoms with van der Waals surface area (Å²) in [6, 6.07) is 11.0. The first-order chi connectivity index (χ1) is 12.5. The van der Waals surface area contributed by atoms with E-state index in [1.807, 2.05) is 24.3 Å². The summed E-state index contributed by atoms with van der Waals surface area (Å²) in [5.74, 6) is -1.21. The second-order valence-electron chi connectivity index (χ2n) is 6.07. The van der Waals surface area contributed by atoms with Crippen LogP contribution >= 0.6 is 0 Å². The quantitative estimate of drug-likeness (QED) is 0.610. The van der Waals surface area contributed by atoms with Gasteiger partial charge in [0.2, 0.25) is 11.7 Å². The number of halogens is 1. The Balaban J connectivity index is 1.54. The lowest BCUT2D eigenvalue weighted by Crippen LogP contribution is -2.22. The highest BCUT2D eigenvalue weighted by Gasteiger charge is 2.15. The highest BCUT2D eigenvalue weighted by atomic mass is 19.1. The number of carbonyl (C=O) groups is 1. The van der Waals surface area contributed by atoms with Crippen molar-refractivity contribution in [3.63, 3.8) is 0 Å². The Kier molecular flexibility index (Phi) is 5.31. The fraction of sp³-hybridized carbons (Fsp3) is 0.278. The molecule has 7 nitrogen and oxygen atoms in total. The van der Waals surface area contributed by atoms with Crippen LogP contribution in [0.4, 0.5) is 27.1 Å². The molecule has 0 spiro atoms. The van der Waals surface area contributed by atoms with Crippen molar-refractivity contribution < 1.29 is 14.1 Å². The van der Waals surface area contributed by atoms with E-state index in [4.69, 9.17) is 0 Å². The number of nitrogens with one attached hydrogen (secondary N) is 2. The van der Waals surface area contributed by atoms with Gasteiger partial charge >= 0.3 is 5.69 Å². The zero-order valence-corrected chi connectivity index (χ0v) is 14.1. The van der Waals surface area contributed by atoms with E-state index in [-0.39, 0.29) is 12.5 Å². The average molecular weight is 358 g/mol. The van der Waals surface area contributed by atoms with Gasteiger partial charge in [-0.25, -0.2) is 0 Å². The number of rotatable bonds is 6. The van der Waals surface area contributed by atoms with Gasteiger partial charge in [-0.2, -0.15) is 4.39 Å². The summed E-state index contributed by atoms with van der Waals surface area (Å²) in [7, 11) is 0. The third-order valence-corrected chi connectivity index (χ3v) is 4.22. The fourth-order valence-corrected chi connectivity index (χ4v) is 2.88. The number of hydrogen-bond acceptors (Lipinski definition) is 5. The number of amides is 1. The molecule has 0 aliphatic carbocycles. The minimum atomic E-state index is -0.914. The average Bonchev–Trinajstić information content (AvgIpc) is 3.16. The summed E-state index contributed by atoms with van der Waals surface area (Å²) >= 11 is 0. The number of nitro groups is 1. The largest absolute Gasteiger partial charge is 0.376 e. The maximum Gasteiger partial charge on any atom is 0.306 e. The first-order valence-electron chi connectivity index (χ1n) is 8.35. The Morgan fingerprint density at radius 2 is 1.77 bits per heavy atom. The second kappa shape index (κ2) is 7.81. The van der Waals surface area contributed by atoms with E-state index in [0.717, 1.165) is 30.9 Å². The standard InChI is InChI=1S/C18H19FN4O3/c19-16-8-5-14(11-17(16)23(25)26)20-12-18(24)21-13-3-6-15(7-4-13)22-9-1-2-10-22/h3-8,11,20H,1-2,9-10,12H2,(H,21,24). The molecular formula is C18H19FN4O3. The lowest BCUT2D eigenvalue weighted by Gasteiger charge is -2.17. The minimum absolute atomic E-state index is 0.0866. The zero-order chi connectivity index (χ0) is 18.5. The molecule has 2 N–H and O–H groups in total. The number of nitrogens with zero attached hydrogens (tertiary/aromatic N) is 2. The van der Waals surface area contributed by atoms with Crippen LogP contribution in [0.1, 0.15) is 12.8 Å². The molecule has 8 heteroatoms. The second-order valence-corrected chi connectivity index (χ2v) is 6.07. The monoisotopic (exact) mass is 358 g/mol. The van der Waals surface area contributed by atoms with Crippen molar-refractivity contribution in [2.45, 2.75) is 12.8 Å². The molecule has 0 bridgehead atoms. The molecule has 1 fully saturated rings. The van der Waals surface area contributed by atoms with Crippen LogP contribution in [0.25, 0.3) is 0 Å². The summed E-state index contributed by atoms with van der Waals surface area (Å²) < 4.78 is 13.3. The third kappa shape index (κ3) is 4.27. The van der Waals surface area contributed by atoms with Crippen molar-refractivity contribution >= 4 is 28.7 Å². The van der Waals surface area contributed by atoms with Crippen molar-refractivity contribution in [2.75, 3.05) is 35.2 Å². The third-order valence-electron chi connectivity index (χ3n) is 4.22. The van der Waals surface area contributed by atoms with Crippen LogP contribution < -0.4 is 15.5 Å². The molecule has 0 atom stereocenters. The smallest absolute Gasteiger partial charge is 0.306 e. The molecule has 2 aromatic rings. The van der Waals surface area contributed by atoms with Crippen LogP contribution in [0.5, 0.6) is 0 Å². The van der Waals surface area contributed by atoms with Gasteiger partial charge in [0.1, 0.15) is 0 Å².